The molecule has 0 saturated heterocycles. The van der Waals surface area contributed by atoms with Crippen LogP contribution in [0, 0.1) is 19.8 Å². The standard InChI is InChI=1S/C14H17F6N/c1-4-21-11(10-6-5-8(2)7-9(10)3)12(13(15,16)17)14(18,19)20/h5-7,11-12,21H,4H2,1-3H3. The van der Waals surface area contributed by atoms with Crippen LogP contribution in [0.1, 0.15) is 29.7 Å². The van der Waals surface area contributed by atoms with Gasteiger partial charge in [-0.3, -0.25) is 0 Å². The summed E-state index contributed by atoms with van der Waals surface area (Å²) in [6, 6.07) is 2.55. The molecule has 7 heteroatoms. The lowest BCUT2D eigenvalue weighted by molar-refractivity contribution is -0.292. The Morgan fingerprint density at radius 3 is 1.90 bits per heavy atom. The van der Waals surface area contributed by atoms with E-state index in [4.69, 9.17) is 0 Å². The third kappa shape index (κ3) is 4.36. The number of halogens is 6. The Morgan fingerprint density at radius 1 is 1.00 bits per heavy atom. The quantitative estimate of drug-likeness (QED) is 0.795. The molecular weight excluding hydrogens is 296 g/mol. The molecule has 120 valence electrons. The number of alkyl halides is 6. The normalized spacial score (nSPS) is 14.6. The van der Waals surface area contributed by atoms with Crippen molar-refractivity contribution < 1.29 is 26.3 Å². The Hall–Kier alpha value is -1.24. The highest BCUT2D eigenvalue weighted by Gasteiger charge is 2.60. The molecule has 0 aliphatic rings. The lowest BCUT2D eigenvalue weighted by Gasteiger charge is -2.32. The van der Waals surface area contributed by atoms with Crippen molar-refractivity contribution in [1.82, 2.24) is 5.32 Å². The van der Waals surface area contributed by atoms with Crippen LogP contribution in [-0.4, -0.2) is 18.9 Å². The molecule has 1 nitrogen and oxygen atoms in total. The summed E-state index contributed by atoms with van der Waals surface area (Å²) >= 11 is 0. The minimum absolute atomic E-state index is 0.000638. The van der Waals surface area contributed by atoms with Gasteiger partial charge in [-0.15, -0.1) is 0 Å². The van der Waals surface area contributed by atoms with E-state index < -0.39 is 24.3 Å². The van der Waals surface area contributed by atoms with Crippen molar-refractivity contribution in [2.45, 2.75) is 39.2 Å². The van der Waals surface area contributed by atoms with E-state index >= 15 is 0 Å². The average molecular weight is 313 g/mol. The van der Waals surface area contributed by atoms with Gasteiger partial charge < -0.3 is 5.32 Å². The zero-order valence-electron chi connectivity index (χ0n) is 11.9. The van der Waals surface area contributed by atoms with Gasteiger partial charge in [-0.2, -0.15) is 26.3 Å². The van der Waals surface area contributed by atoms with Crippen molar-refractivity contribution in [1.29, 1.82) is 0 Å². The van der Waals surface area contributed by atoms with Gasteiger partial charge in [-0.1, -0.05) is 30.7 Å². The van der Waals surface area contributed by atoms with Crippen LogP contribution in [0.2, 0.25) is 0 Å². The topological polar surface area (TPSA) is 12.0 Å². The van der Waals surface area contributed by atoms with Gasteiger partial charge in [-0.05, 0) is 31.5 Å². The maximum absolute atomic E-state index is 12.9. The van der Waals surface area contributed by atoms with Gasteiger partial charge in [0.05, 0.1) is 6.04 Å². The van der Waals surface area contributed by atoms with E-state index in [1.165, 1.54) is 26.0 Å². The predicted molar refractivity (Wildman–Crippen MR) is 67.9 cm³/mol. The summed E-state index contributed by atoms with van der Waals surface area (Å²) in [4.78, 5) is 0. The van der Waals surface area contributed by atoms with Crippen molar-refractivity contribution in [3.63, 3.8) is 0 Å². The van der Waals surface area contributed by atoms with Crippen LogP contribution >= 0.6 is 0 Å². The second kappa shape index (κ2) is 6.25. The predicted octanol–water partition coefficient (Wildman–Crippen LogP) is 4.69. The molecule has 1 aromatic carbocycles. The molecule has 0 aliphatic heterocycles. The molecular formula is C14H17F6N. The number of aryl methyl sites for hydroxylation is 2. The summed E-state index contributed by atoms with van der Waals surface area (Å²) in [5.41, 5.74) is 1.20. The summed E-state index contributed by atoms with van der Waals surface area (Å²) in [5, 5.41) is 2.33. The first-order valence-corrected chi connectivity index (χ1v) is 6.42. The number of rotatable bonds is 4. The Balaban J connectivity index is 3.38. The molecule has 0 saturated carbocycles. The smallest absolute Gasteiger partial charge is 0.309 e. The molecule has 1 N–H and O–H groups in total. The molecule has 0 aromatic heterocycles. The lowest BCUT2D eigenvalue weighted by atomic mass is 9.88. The van der Waals surface area contributed by atoms with Gasteiger partial charge in [0.2, 0.25) is 0 Å². The summed E-state index contributed by atoms with van der Waals surface area (Å²) in [5.74, 6) is -3.44. The van der Waals surface area contributed by atoms with Crippen molar-refractivity contribution >= 4 is 0 Å². The highest BCUT2D eigenvalue weighted by atomic mass is 19.4. The number of nitrogens with one attached hydrogen (secondary N) is 1. The van der Waals surface area contributed by atoms with E-state index in [1.807, 2.05) is 0 Å². The molecule has 21 heavy (non-hydrogen) atoms. The Labute approximate surface area is 119 Å². The van der Waals surface area contributed by atoms with Crippen LogP contribution in [0.3, 0.4) is 0 Å². The molecule has 1 aromatic rings. The maximum Gasteiger partial charge on any atom is 0.402 e. The first-order valence-electron chi connectivity index (χ1n) is 6.42. The number of hydrogen-bond donors (Lipinski definition) is 1. The number of benzene rings is 1. The fraction of sp³-hybridized carbons (Fsp3) is 0.571. The first kappa shape index (κ1) is 17.8. The van der Waals surface area contributed by atoms with E-state index in [0.29, 0.717) is 5.56 Å². The minimum atomic E-state index is -5.37. The van der Waals surface area contributed by atoms with Crippen LogP contribution in [0.15, 0.2) is 18.2 Å². The van der Waals surface area contributed by atoms with Gasteiger partial charge in [0.25, 0.3) is 0 Å². The summed E-state index contributed by atoms with van der Waals surface area (Å²) < 4.78 is 77.6. The van der Waals surface area contributed by atoms with Crippen LogP contribution in [0.5, 0.6) is 0 Å². The third-order valence-electron chi connectivity index (χ3n) is 3.22. The number of hydrogen-bond acceptors (Lipinski definition) is 1. The van der Waals surface area contributed by atoms with Crippen LogP contribution in [0.25, 0.3) is 0 Å². The molecule has 1 atom stereocenters. The maximum atomic E-state index is 12.9. The zero-order valence-corrected chi connectivity index (χ0v) is 11.9. The molecule has 0 fully saturated rings. The van der Waals surface area contributed by atoms with E-state index in [2.05, 4.69) is 5.32 Å². The third-order valence-corrected chi connectivity index (χ3v) is 3.22. The largest absolute Gasteiger partial charge is 0.402 e. The molecule has 0 heterocycles. The monoisotopic (exact) mass is 313 g/mol. The molecule has 0 aliphatic carbocycles. The Kier molecular flexibility index (Phi) is 5.30. The van der Waals surface area contributed by atoms with Gasteiger partial charge in [-0.25, -0.2) is 0 Å². The van der Waals surface area contributed by atoms with Crippen molar-refractivity contribution in [3.8, 4) is 0 Å². The zero-order chi connectivity index (χ0) is 16.4. The summed E-state index contributed by atoms with van der Waals surface area (Å²) in [7, 11) is 0. The molecule has 0 amide bonds. The van der Waals surface area contributed by atoms with Crippen LogP contribution in [-0.2, 0) is 0 Å². The van der Waals surface area contributed by atoms with Crippen molar-refractivity contribution in [2.24, 2.45) is 5.92 Å². The summed E-state index contributed by atoms with van der Waals surface area (Å²) in [6.07, 6.45) is -10.7. The molecule has 1 unspecified atom stereocenters. The molecule has 0 radical (unpaired) electrons. The van der Waals surface area contributed by atoms with Crippen LogP contribution < -0.4 is 5.32 Å². The average Bonchev–Trinajstić information content (AvgIpc) is 2.24. The fourth-order valence-electron chi connectivity index (χ4n) is 2.37. The Morgan fingerprint density at radius 2 is 1.52 bits per heavy atom. The highest BCUT2D eigenvalue weighted by Crippen LogP contribution is 2.46. The van der Waals surface area contributed by atoms with Gasteiger partial charge in [0.1, 0.15) is 0 Å². The van der Waals surface area contributed by atoms with E-state index in [0.717, 1.165) is 5.56 Å². The molecule has 0 bridgehead atoms. The summed E-state index contributed by atoms with van der Waals surface area (Å²) in [6.45, 7) is 4.71. The second-order valence-electron chi connectivity index (χ2n) is 4.96. The van der Waals surface area contributed by atoms with Crippen LogP contribution in [0.4, 0.5) is 26.3 Å². The van der Waals surface area contributed by atoms with Crippen molar-refractivity contribution in [2.75, 3.05) is 6.54 Å². The first-order chi connectivity index (χ1) is 9.48. The van der Waals surface area contributed by atoms with Crippen molar-refractivity contribution in [3.05, 3.63) is 34.9 Å². The van der Waals surface area contributed by atoms with E-state index in [-0.39, 0.29) is 12.1 Å². The fourth-order valence-corrected chi connectivity index (χ4v) is 2.37. The second-order valence-corrected chi connectivity index (χ2v) is 4.96. The van der Waals surface area contributed by atoms with Gasteiger partial charge in [0.15, 0.2) is 5.92 Å². The lowest BCUT2D eigenvalue weighted by Crippen LogP contribution is -2.46. The minimum Gasteiger partial charge on any atom is -0.309 e. The van der Waals surface area contributed by atoms with Gasteiger partial charge >= 0.3 is 12.4 Å². The SMILES string of the molecule is CCNC(c1ccc(C)cc1C)C(C(F)(F)F)C(F)(F)F. The highest BCUT2D eigenvalue weighted by molar-refractivity contribution is 5.33. The van der Waals surface area contributed by atoms with Gasteiger partial charge in [0, 0.05) is 0 Å². The van der Waals surface area contributed by atoms with E-state index in [1.54, 1.807) is 13.0 Å². The van der Waals surface area contributed by atoms with E-state index in [9.17, 15) is 26.3 Å². The Bertz CT molecular complexity index is 463. The molecule has 0 spiro atoms. The molecule has 1 rings (SSSR count).